The van der Waals surface area contributed by atoms with Gasteiger partial charge >= 0.3 is 0 Å². The van der Waals surface area contributed by atoms with Gasteiger partial charge in [0.2, 0.25) is 10.1 Å². The molecule has 6 heteroatoms. The fourth-order valence-electron chi connectivity index (χ4n) is 3.15. The van der Waals surface area contributed by atoms with E-state index in [2.05, 4.69) is 29.2 Å². The Morgan fingerprint density at radius 1 is 1.38 bits per heavy atom. The SMILES string of the molecule is CC(C)(CNc1nn2c(=O)ccnc2s1)C1CCCCC1. The van der Waals surface area contributed by atoms with Crippen molar-refractivity contribution in [2.75, 3.05) is 11.9 Å². The summed E-state index contributed by atoms with van der Waals surface area (Å²) in [6, 6.07) is 1.43. The Balaban J connectivity index is 1.70. The molecule has 21 heavy (non-hydrogen) atoms. The largest absolute Gasteiger partial charge is 0.360 e. The van der Waals surface area contributed by atoms with Crippen molar-refractivity contribution in [3.05, 3.63) is 22.6 Å². The van der Waals surface area contributed by atoms with Gasteiger partial charge < -0.3 is 5.32 Å². The smallest absolute Gasteiger partial charge is 0.275 e. The van der Waals surface area contributed by atoms with Crippen molar-refractivity contribution >= 4 is 21.4 Å². The third-order valence-corrected chi connectivity index (χ3v) is 5.46. The summed E-state index contributed by atoms with van der Waals surface area (Å²) in [6.07, 6.45) is 8.28. The summed E-state index contributed by atoms with van der Waals surface area (Å²) >= 11 is 1.43. The van der Waals surface area contributed by atoms with E-state index in [0.29, 0.717) is 4.96 Å². The van der Waals surface area contributed by atoms with Crippen molar-refractivity contribution < 1.29 is 0 Å². The molecule has 2 aromatic heterocycles. The fraction of sp³-hybridized carbons (Fsp3) is 0.667. The van der Waals surface area contributed by atoms with E-state index in [1.165, 1.54) is 60.2 Å². The molecule has 0 spiro atoms. The first kappa shape index (κ1) is 14.5. The number of rotatable bonds is 4. The topological polar surface area (TPSA) is 59.3 Å². The number of hydrogen-bond donors (Lipinski definition) is 1. The number of fused-ring (bicyclic) bond motifs is 1. The van der Waals surface area contributed by atoms with E-state index in [1.54, 1.807) is 0 Å². The summed E-state index contributed by atoms with van der Waals surface area (Å²) in [5, 5.41) is 8.49. The Kier molecular flexibility index (Phi) is 3.97. The molecule has 114 valence electrons. The Morgan fingerprint density at radius 3 is 2.86 bits per heavy atom. The number of aromatic nitrogens is 3. The Morgan fingerprint density at radius 2 is 2.14 bits per heavy atom. The summed E-state index contributed by atoms with van der Waals surface area (Å²) in [5.74, 6) is 0.772. The van der Waals surface area contributed by atoms with Crippen LogP contribution < -0.4 is 10.9 Å². The Labute approximate surface area is 128 Å². The zero-order valence-corrected chi connectivity index (χ0v) is 13.4. The average molecular weight is 306 g/mol. The lowest BCUT2D eigenvalue weighted by atomic mass is 9.71. The van der Waals surface area contributed by atoms with Crippen molar-refractivity contribution in [1.29, 1.82) is 0 Å². The highest BCUT2D eigenvalue weighted by atomic mass is 32.1. The predicted octanol–water partition coefficient (Wildman–Crippen LogP) is 3.17. The molecule has 0 unspecified atom stereocenters. The van der Waals surface area contributed by atoms with E-state index in [9.17, 15) is 4.79 Å². The normalized spacial score (nSPS) is 17.2. The molecule has 1 aliphatic rings. The lowest BCUT2D eigenvalue weighted by Crippen LogP contribution is -2.33. The quantitative estimate of drug-likeness (QED) is 0.942. The van der Waals surface area contributed by atoms with Gasteiger partial charge in [-0.25, -0.2) is 4.98 Å². The second kappa shape index (κ2) is 5.75. The zero-order valence-electron chi connectivity index (χ0n) is 12.6. The molecular formula is C15H22N4OS. The van der Waals surface area contributed by atoms with Crippen molar-refractivity contribution in [2.45, 2.75) is 46.0 Å². The van der Waals surface area contributed by atoms with Gasteiger partial charge in [0, 0.05) is 18.8 Å². The number of nitrogens with one attached hydrogen (secondary N) is 1. The number of nitrogens with zero attached hydrogens (tertiary/aromatic N) is 3. The van der Waals surface area contributed by atoms with Gasteiger partial charge in [-0.2, -0.15) is 4.52 Å². The van der Waals surface area contributed by atoms with Crippen LogP contribution in [0.1, 0.15) is 46.0 Å². The maximum Gasteiger partial charge on any atom is 0.275 e. The molecule has 1 N–H and O–H groups in total. The predicted molar refractivity (Wildman–Crippen MR) is 86.0 cm³/mol. The first-order valence-corrected chi connectivity index (χ1v) is 8.47. The molecule has 0 aliphatic heterocycles. The van der Waals surface area contributed by atoms with Gasteiger partial charge in [0.05, 0.1) is 0 Å². The molecule has 3 rings (SSSR count). The minimum absolute atomic E-state index is 0.129. The summed E-state index contributed by atoms with van der Waals surface area (Å²) in [5.41, 5.74) is 0.118. The molecule has 2 heterocycles. The summed E-state index contributed by atoms with van der Waals surface area (Å²) in [7, 11) is 0. The lowest BCUT2D eigenvalue weighted by Gasteiger charge is -2.37. The number of hydrogen-bond acceptors (Lipinski definition) is 5. The van der Waals surface area contributed by atoms with Gasteiger partial charge in [-0.15, -0.1) is 5.10 Å². The van der Waals surface area contributed by atoms with Crippen molar-refractivity contribution in [1.82, 2.24) is 14.6 Å². The van der Waals surface area contributed by atoms with Crippen LogP contribution >= 0.6 is 11.3 Å². The molecular weight excluding hydrogens is 284 g/mol. The van der Waals surface area contributed by atoms with Crippen LogP contribution in [0, 0.1) is 11.3 Å². The lowest BCUT2D eigenvalue weighted by molar-refractivity contribution is 0.172. The minimum Gasteiger partial charge on any atom is -0.360 e. The first-order chi connectivity index (χ1) is 10.1. The third kappa shape index (κ3) is 3.10. The second-order valence-electron chi connectivity index (χ2n) is 6.56. The molecule has 1 fully saturated rings. The zero-order chi connectivity index (χ0) is 14.9. The highest BCUT2D eigenvalue weighted by Gasteiger charge is 2.30. The summed E-state index contributed by atoms with van der Waals surface area (Å²) in [6.45, 7) is 5.54. The van der Waals surface area contributed by atoms with E-state index < -0.39 is 0 Å². The van der Waals surface area contributed by atoms with E-state index in [4.69, 9.17) is 0 Å². The number of anilines is 1. The van der Waals surface area contributed by atoms with Crippen molar-refractivity contribution in [3.8, 4) is 0 Å². The second-order valence-corrected chi connectivity index (χ2v) is 7.52. The van der Waals surface area contributed by atoms with E-state index >= 15 is 0 Å². The monoisotopic (exact) mass is 306 g/mol. The van der Waals surface area contributed by atoms with Crippen LogP contribution in [0.2, 0.25) is 0 Å². The highest BCUT2D eigenvalue weighted by molar-refractivity contribution is 7.20. The molecule has 0 amide bonds. The maximum absolute atomic E-state index is 11.7. The van der Waals surface area contributed by atoms with Gasteiger partial charge in [-0.3, -0.25) is 4.79 Å². The molecule has 0 bridgehead atoms. The van der Waals surface area contributed by atoms with Gasteiger partial charge in [-0.05, 0) is 24.2 Å². The van der Waals surface area contributed by atoms with Crippen LogP contribution in [0.15, 0.2) is 17.1 Å². The van der Waals surface area contributed by atoms with Crippen LogP contribution in [-0.4, -0.2) is 21.1 Å². The Hall–Kier alpha value is -1.43. The molecule has 1 saturated carbocycles. The van der Waals surface area contributed by atoms with Crippen LogP contribution in [0.3, 0.4) is 0 Å². The maximum atomic E-state index is 11.7. The van der Waals surface area contributed by atoms with Gasteiger partial charge in [0.15, 0.2) is 0 Å². The third-order valence-electron chi connectivity index (χ3n) is 4.58. The van der Waals surface area contributed by atoms with Gasteiger partial charge in [0.1, 0.15) is 0 Å². The molecule has 5 nitrogen and oxygen atoms in total. The van der Waals surface area contributed by atoms with Crippen LogP contribution in [0.5, 0.6) is 0 Å². The van der Waals surface area contributed by atoms with Crippen molar-refractivity contribution in [2.24, 2.45) is 11.3 Å². The van der Waals surface area contributed by atoms with Crippen LogP contribution in [0.4, 0.5) is 5.13 Å². The minimum atomic E-state index is -0.129. The van der Waals surface area contributed by atoms with Gasteiger partial charge in [-0.1, -0.05) is 44.4 Å². The van der Waals surface area contributed by atoms with E-state index in [0.717, 1.165) is 17.6 Å². The standard InChI is InChI=1S/C15H22N4OS/c1-15(2,11-6-4-3-5-7-11)10-17-13-18-19-12(20)8-9-16-14(19)21-13/h8-9,11H,3-7,10H2,1-2H3,(H,17,18). The first-order valence-electron chi connectivity index (χ1n) is 7.65. The van der Waals surface area contributed by atoms with Crippen LogP contribution in [0.25, 0.3) is 4.96 Å². The fourth-order valence-corrected chi connectivity index (χ4v) is 3.92. The molecule has 1 aliphatic carbocycles. The van der Waals surface area contributed by atoms with E-state index in [1.807, 2.05) is 0 Å². The van der Waals surface area contributed by atoms with Gasteiger partial charge in [0.25, 0.3) is 5.56 Å². The molecule has 2 aromatic rings. The van der Waals surface area contributed by atoms with E-state index in [-0.39, 0.29) is 11.0 Å². The average Bonchev–Trinajstić information content (AvgIpc) is 2.91. The molecule has 0 saturated heterocycles. The summed E-state index contributed by atoms with van der Waals surface area (Å²) in [4.78, 5) is 16.5. The molecule has 0 aromatic carbocycles. The summed E-state index contributed by atoms with van der Waals surface area (Å²) < 4.78 is 1.36. The van der Waals surface area contributed by atoms with Crippen LogP contribution in [-0.2, 0) is 0 Å². The molecule has 0 radical (unpaired) electrons. The molecule has 0 atom stereocenters. The highest BCUT2D eigenvalue weighted by Crippen LogP contribution is 2.38. The van der Waals surface area contributed by atoms with Crippen molar-refractivity contribution in [3.63, 3.8) is 0 Å². The Bertz CT molecular complexity index is 670.